The molecule has 1 aromatic heterocycles. The summed E-state index contributed by atoms with van der Waals surface area (Å²) in [4.78, 5) is 11.7. The van der Waals surface area contributed by atoms with Gasteiger partial charge in [-0.05, 0) is 24.3 Å². The molecule has 16 heavy (non-hydrogen) atoms. The molecule has 82 valence electrons. The second kappa shape index (κ2) is 4.37. The standard InChI is InChI=1S/C11H10ClN3O/c1-15-7-8(6-13-15)11(16)14-10-4-2-9(12)3-5-10/h2-7H,1H3,(H,14,16). The molecule has 0 aliphatic rings. The number of nitrogens with zero attached hydrogens (tertiary/aromatic N) is 2. The molecule has 4 nitrogen and oxygen atoms in total. The molecular weight excluding hydrogens is 226 g/mol. The Morgan fingerprint density at radius 1 is 1.38 bits per heavy atom. The molecule has 0 aliphatic carbocycles. The van der Waals surface area contributed by atoms with Gasteiger partial charge >= 0.3 is 0 Å². The largest absolute Gasteiger partial charge is 0.322 e. The number of nitrogens with one attached hydrogen (secondary N) is 1. The fourth-order valence-electron chi connectivity index (χ4n) is 1.27. The average molecular weight is 236 g/mol. The van der Waals surface area contributed by atoms with Gasteiger partial charge in [-0.25, -0.2) is 0 Å². The summed E-state index contributed by atoms with van der Waals surface area (Å²) in [5, 5.41) is 7.31. The molecule has 1 amide bonds. The Hall–Kier alpha value is -1.81. The van der Waals surface area contributed by atoms with Crippen molar-refractivity contribution in [2.75, 3.05) is 5.32 Å². The van der Waals surface area contributed by atoms with Crippen LogP contribution < -0.4 is 5.32 Å². The third kappa shape index (κ3) is 2.41. The van der Waals surface area contributed by atoms with E-state index >= 15 is 0 Å². The molecule has 1 N–H and O–H groups in total. The zero-order valence-electron chi connectivity index (χ0n) is 8.64. The number of halogens is 1. The Labute approximate surface area is 97.8 Å². The minimum Gasteiger partial charge on any atom is -0.322 e. The van der Waals surface area contributed by atoms with Gasteiger partial charge in [0.2, 0.25) is 0 Å². The van der Waals surface area contributed by atoms with Gasteiger partial charge < -0.3 is 5.32 Å². The van der Waals surface area contributed by atoms with Gasteiger partial charge in [0.1, 0.15) is 0 Å². The first-order valence-corrected chi connectivity index (χ1v) is 5.08. The molecule has 0 radical (unpaired) electrons. The van der Waals surface area contributed by atoms with Crippen molar-refractivity contribution >= 4 is 23.2 Å². The van der Waals surface area contributed by atoms with Gasteiger partial charge in [0.25, 0.3) is 5.91 Å². The quantitative estimate of drug-likeness (QED) is 0.869. The van der Waals surface area contributed by atoms with Crippen molar-refractivity contribution in [3.8, 4) is 0 Å². The number of aryl methyl sites for hydroxylation is 1. The molecule has 0 unspecified atom stereocenters. The molecule has 0 spiro atoms. The molecule has 1 heterocycles. The molecule has 0 bridgehead atoms. The van der Waals surface area contributed by atoms with Crippen molar-refractivity contribution < 1.29 is 4.79 Å². The lowest BCUT2D eigenvalue weighted by molar-refractivity contribution is 0.102. The van der Waals surface area contributed by atoms with Crippen LogP contribution in [-0.4, -0.2) is 15.7 Å². The van der Waals surface area contributed by atoms with Gasteiger partial charge in [0.05, 0.1) is 11.8 Å². The summed E-state index contributed by atoms with van der Waals surface area (Å²) < 4.78 is 1.58. The van der Waals surface area contributed by atoms with Gasteiger partial charge in [-0.2, -0.15) is 5.10 Å². The zero-order valence-corrected chi connectivity index (χ0v) is 9.40. The predicted octanol–water partition coefficient (Wildman–Crippen LogP) is 2.33. The first-order valence-electron chi connectivity index (χ1n) is 4.71. The first kappa shape index (κ1) is 10.7. The van der Waals surface area contributed by atoms with E-state index in [9.17, 15) is 4.79 Å². The fourth-order valence-corrected chi connectivity index (χ4v) is 1.40. The van der Waals surface area contributed by atoms with Crippen LogP contribution in [0.1, 0.15) is 10.4 Å². The number of rotatable bonds is 2. The Morgan fingerprint density at radius 3 is 2.62 bits per heavy atom. The van der Waals surface area contributed by atoms with Gasteiger partial charge in [0.15, 0.2) is 0 Å². The molecule has 0 saturated carbocycles. The number of benzene rings is 1. The van der Waals surface area contributed by atoms with Crippen molar-refractivity contribution in [1.29, 1.82) is 0 Å². The van der Waals surface area contributed by atoms with Crippen molar-refractivity contribution in [1.82, 2.24) is 9.78 Å². The summed E-state index contributed by atoms with van der Waals surface area (Å²) in [6.45, 7) is 0. The highest BCUT2D eigenvalue weighted by Crippen LogP contribution is 2.14. The number of hydrogen-bond donors (Lipinski definition) is 1. The number of anilines is 1. The molecule has 2 rings (SSSR count). The van der Waals surface area contributed by atoms with E-state index in [2.05, 4.69) is 10.4 Å². The zero-order chi connectivity index (χ0) is 11.5. The highest BCUT2D eigenvalue weighted by atomic mass is 35.5. The van der Waals surface area contributed by atoms with Crippen LogP contribution in [0.3, 0.4) is 0 Å². The van der Waals surface area contributed by atoms with Crippen LogP contribution in [0.5, 0.6) is 0 Å². The predicted molar refractivity (Wildman–Crippen MR) is 62.6 cm³/mol. The number of aromatic nitrogens is 2. The average Bonchev–Trinajstić information content (AvgIpc) is 2.68. The van der Waals surface area contributed by atoms with Crippen molar-refractivity contribution in [2.45, 2.75) is 0 Å². The van der Waals surface area contributed by atoms with Crippen LogP contribution in [0.15, 0.2) is 36.7 Å². The summed E-state index contributed by atoms with van der Waals surface area (Å²) >= 11 is 5.74. The van der Waals surface area contributed by atoms with E-state index in [1.54, 1.807) is 42.2 Å². The van der Waals surface area contributed by atoms with Crippen LogP contribution in [0.4, 0.5) is 5.69 Å². The van der Waals surface area contributed by atoms with Gasteiger partial charge in [-0.3, -0.25) is 9.48 Å². The summed E-state index contributed by atoms with van der Waals surface area (Å²) in [5.41, 5.74) is 1.23. The van der Waals surface area contributed by atoms with Crippen LogP contribution >= 0.6 is 11.6 Å². The number of amides is 1. The lowest BCUT2D eigenvalue weighted by Crippen LogP contribution is -2.10. The molecular formula is C11H10ClN3O. The second-order valence-corrected chi connectivity index (χ2v) is 3.80. The van der Waals surface area contributed by atoms with Gasteiger partial charge in [0, 0.05) is 24.0 Å². The minimum atomic E-state index is -0.185. The van der Waals surface area contributed by atoms with Crippen molar-refractivity contribution in [3.63, 3.8) is 0 Å². The monoisotopic (exact) mass is 235 g/mol. The normalized spacial score (nSPS) is 10.1. The molecule has 2 aromatic rings. The van der Waals surface area contributed by atoms with E-state index in [1.165, 1.54) is 6.20 Å². The molecule has 0 atom stereocenters. The smallest absolute Gasteiger partial charge is 0.258 e. The second-order valence-electron chi connectivity index (χ2n) is 3.36. The summed E-state index contributed by atoms with van der Waals surface area (Å²) in [6, 6.07) is 6.94. The summed E-state index contributed by atoms with van der Waals surface area (Å²) in [6.07, 6.45) is 3.18. The van der Waals surface area contributed by atoms with E-state index in [0.29, 0.717) is 16.3 Å². The van der Waals surface area contributed by atoms with Crippen LogP contribution in [0.2, 0.25) is 5.02 Å². The van der Waals surface area contributed by atoms with E-state index in [-0.39, 0.29) is 5.91 Å². The number of carbonyl (C=O) groups is 1. The van der Waals surface area contributed by atoms with E-state index < -0.39 is 0 Å². The molecule has 0 aliphatic heterocycles. The lowest BCUT2D eigenvalue weighted by atomic mass is 10.3. The Balaban J connectivity index is 2.10. The van der Waals surface area contributed by atoms with Crippen molar-refractivity contribution in [2.24, 2.45) is 7.05 Å². The Kier molecular flexibility index (Phi) is 2.92. The molecule has 0 saturated heterocycles. The van der Waals surface area contributed by atoms with Gasteiger partial charge in [-0.1, -0.05) is 11.6 Å². The maximum atomic E-state index is 11.7. The molecule has 1 aromatic carbocycles. The molecule has 0 fully saturated rings. The Morgan fingerprint density at radius 2 is 2.06 bits per heavy atom. The van der Waals surface area contributed by atoms with E-state index in [4.69, 9.17) is 11.6 Å². The van der Waals surface area contributed by atoms with Gasteiger partial charge in [-0.15, -0.1) is 0 Å². The maximum Gasteiger partial charge on any atom is 0.258 e. The SMILES string of the molecule is Cn1cc(C(=O)Nc2ccc(Cl)cc2)cn1. The lowest BCUT2D eigenvalue weighted by Gasteiger charge is -2.02. The maximum absolute atomic E-state index is 11.7. The third-order valence-electron chi connectivity index (χ3n) is 2.07. The summed E-state index contributed by atoms with van der Waals surface area (Å²) in [7, 11) is 1.76. The topological polar surface area (TPSA) is 46.9 Å². The minimum absolute atomic E-state index is 0.185. The first-order chi connectivity index (χ1) is 7.65. The van der Waals surface area contributed by atoms with Crippen LogP contribution in [0, 0.1) is 0 Å². The van der Waals surface area contributed by atoms with Crippen LogP contribution in [0.25, 0.3) is 0 Å². The highest BCUT2D eigenvalue weighted by Gasteiger charge is 2.07. The van der Waals surface area contributed by atoms with E-state index in [0.717, 1.165) is 0 Å². The highest BCUT2D eigenvalue weighted by molar-refractivity contribution is 6.30. The van der Waals surface area contributed by atoms with Crippen LogP contribution in [-0.2, 0) is 7.05 Å². The number of carbonyl (C=O) groups excluding carboxylic acids is 1. The Bertz CT molecular complexity index is 504. The van der Waals surface area contributed by atoms with Crippen molar-refractivity contribution in [3.05, 3.63) is 47.2 Å². The molecule has 5 heteroatoms. The fraction of sp³-hybridized carbons (Fsp3) is 0.0909. The number of hydrogen-bond acceptors (Lipinski definition) is 2. The summed E-state index contributed by atoms with van der Waals surface area (Å²) in [5.74, 6) is -0.185. The third-order valence-corrected chi connectivity index (χ3v) is 2.32. The van der Waals surface area contributed by atoms with E-state index in [1.807, 2.05) is 0 Å².